The van der Waals surface area contributed by atoms with Crippen molar-refractivity contribution in [3.05, 3.63) is 86.6 Å². The zero-order valence-corrected chi connectivity index (χ0v) is 18.1. The van der Waals surface area contributed by atoms with Gasteiger partial charge in [0.2, 0.25) is 0 Å². The van der Waals surface area contributed by atoms with Crippen molar-refractivity contribution in [3.8, 4) is 0 Å². The summed E-state index contributed by atoms with van der Waals surface area (Å²) in [7, 11) is 1.26. The van der Waals surface area contributed by atoms with Crippen LogP contribution in [0.2, 0.25) is 0 Å². The van der Waals surface area contributed by atoms with Gasteiger partial charge in [0.15, 0.2) is 0 Å². The largest absolute Gasteiger partial charge is 0.465 e. The molecule has 0 aromatic heterocycles. The SMILES string of the molecule is COC(=O)C1=C(C)N(c2ccc([N+](=O)[O-])cc2)C(=O)/C1=C\c1ccc(C(C)(C)C)cc1. The van der Waals surface area contributed by atoms with Crippen LogP contribution in [-0.2, 0) is 19.7 Å². The summed E-state index contributed by atoms with van der Waals surface area (Å²) in [4.78, 5) is 37.5. The normalized spacial score (nSPS) is 15.6. The predicted molar refractivity (Wildman–Crippen MR) is 118 cm³/mol. The van der Waals surface area contributed by atoms with E-state index in [2.05, 4.69) is 20.8 Å². The molecule has 3 rings (SSSR count). The Kier molecular flexibility index (Phi) is 5.79. The van der Waals surface area contributed by atoms with E-state index in [9.17, 15) is 19.7 Å². The minimum absolute atomic E-state index is 0.00472. The number of benzene rings is 2. The lowest BCUT2D eigenvalue weighted by Gasteiger charge is -2.19. The highest BCUT2D eigenvalue weighted by Crippen LogP contribution is 2.36. The molecule has 0 fully saturated rings. The van der Waals surface area contributed by atoms with Crippen LogP contribution in [0.25, 0.3) is 6.08 Å². The van der Waals surface area contributed by atoms with E-state index >= 15 is 0 Å². The third-order valence-corrected chi connectivity index (χ3v) is 5.20. The van der Waals surface area contributed by atoms with Crippen molar-refractivity contribution in [1.82, 2.24) is 0 Å². The van der Waals surface area contributed by atoms with Gasteiger partial charge < -0.3 is 4.74 Å². The number of carbonyl (C=O) groups excluding carboxylic acids is 2. The standard InChI is InChI=1S/C24H24N2O5/c1-15-21(23(28)31-5)20(14-16-6-8-17(9-7-16)24(2,3)4)22(27)25(15)18-10-12-19(13-11-18)26(29)30/h6-14H,1-5H3/b20-14-. The molecule has 0 unspecified atom stereocenters. The van der Waals surface area contributed by atoms with E-state index in [1.807, 2.05) is 24.3 Å². The number of rotatable bonds is 4. The van der Waals surface area contributed by atoms with Crippen LogP contribution in [0.15, 0.2) is 65.4 Å². The Hall–Kier alpha value is -3.74. The molecule has 1 amide bonds. The maximum atomic E-state index is 13.3. The number of esters is 1. The summed E-state index contributed by atoms with van der Waals surface area (Å²) in [6.45, 7) is 7.99. The first kappa shape index (κ1) is 22.0. The average molecular weight is 420 g/mol. The fourth-order valence-corrected chi connectivity index (χ4v) is 3.46. The number of hydrogen-bond acceptors (Lipinski definition) is 5. The van der Waals surface area contributed by atoms with Crippen LogP contribution in [0, 0.1) is 10.1 Å². The number of nitro benzene ring substituents is 1. The maximum Gasteiger partial charge on any atom is 0.340 e. The van der Waals surface area contributed by atoms with Crippen molar-refractivity contribution in [2.24, 2.45) is 0 Å². The zero-order valence-electron chi connectivity index (χ0n) is 18.1. The van der Waals surface area contributed by atoms with E-state index in [1.54, 1.807) is 13.0 Å². The van der Waals surface area contributed by atoms with Gasteiger partial charge in [-0.05, 0) is 41.7 Å². The Morgan fingerprint density at radius 2 is 1.65 bits per heavy atom. The van der Waals surface area contributed by atoms with Crippen LogP contribution >= 0.6 is 0 Å². The third-order valence-electron chi connectivity index (χ3n) is 5.20. The Morgan fingerprint density at radius 1 is 1.06 bits per heavy atom. The number of amides is 1. The number of methoxy groups -OCH3 is 1. The number of ether oxygens (including phenoxy) is 1. The average Bonchev–Trinajstić information content (AvgIpc) is 2.97. The van der Waals surface area contributed by atoms with E-state index in [-0.39, 0.29) is 22.2 Å². The van der Waals surface area contributed by atoms with Crippen molar-refractivity contribution < 1.29 is 19.2 Å². The Labute approximate surface area is 180 Å². The second-order valence-corrected chi connectivity index (χ2v) is 8.30. The van der Waals surface area contributed by atoms with Crippen LogP contribution < -0.4 is 4.90 Å². The molecule has 0 saturated heterocycles. The first-order valence-corrected chi connectivity index (χ1v) is 9.75. The second-order valence-electron chi connectivity index (χ2n) is 8.30. The number of carbonyl (C=O) groups is 2. The number of nitro groups is 1. The lowest BCUT2D eigenvalue weighted by Crippen LogP contribution is -2.24. The number of non-ortho nitro benzene ring substituents is 1. The lowest BCUT2D eigenvalue weighted by molar-refractivity contribution is -0.384. The van der Waals surface area contributed by atoms with Gasteiger partial charge in [0.25, 0.3) is 11.6 Å². The predicted octanol–water partition coefficient (Wildman–Crippen LogP) is 4.77. The van der Waals surface area contributed by atoms with Gasteiger partial charge in [0, 0.05) is 23.5 Å². The van der Waals surface area contributed by atoms with Crippen LogP contribution in [0.4, 0.5) is 11.4 Å². The highest BCUT2D eigenvalue weighted by Gasteiger charge is 2.38. The first-order chi connectivity index (χ1) is 14.5. The Balaban J connectivity index is 2.06. The maximum absolute atomic E-state index is 13.3. The van der Waals surface area contributed by atoms with Crippen molar-refractivity contribution in [2.75, 3.05) is 12.0 Å². The third kappa shape index (κ3) is 4.26. The van der Waals surface area contributed by atoms with Gasteiger partial charge in [-0.1, -0.05) is 45.0 Å². The summed E-state index contributed by atoms with van der Waals surface area (Å²) in [5.41, 5.74) is 3.06. The number of nitrogens with zero attached hydrogens (tertiary/aromatic N) is 2. The fraction of sp³-hybridized carbons (Fsp3) is 0.250. The lowest BCUT2D eigenvalue weighted by atomic mass is 9.86. The van der Waals surface area contributed by atoms with E-state index in [0.717, 1.165) is 11.1 Å². The zero-order chi connectivity index (χ0) is 22.9. The highest BCUT2D eigenvalue weighted by molar-refractivity contribution is 6.23. The Bertz CT molecular complexity index is 1100. The number of allylic oxidation sites excluding steroid dienone is 1. The van der Waals surface area contributed by atoms with Gasteiger partial charge in [-0.3, -0.25) is 19.8 Å². The molecule has 0 saturated carbocycles. The molecule has 0 N–H and O–H groups in total. The Morgan fingerprint density at radius 3 is 2.13 bits per heavy atom. The summed E-state index contributed by atoms with van der Waals surface area (Å²) in [6.07, 6.45) is 1.66. The molecule has 1 heterocycles. The molecule has 31 heavy (non-hydrogen) atoms. The van der Waals surface area contributed by atoms with E-state index < -0.39 is 16.8 Å². The molecule has 0 radical (unpaired) electrons. The van der Waals surface area contributed by atoms with E-state index in [1.165, 1.54) is 36.3 Å². The molecule has 7 heteroatoms. The van der Waals surface area contributed by atoms with Crippen molar-refractivity contribution in [1.29, 1.82) is 0 Å². The fourth-order valence-electron chi connectivity index (χ4n) is 3.46. The minimum Gasteiger partial charge on any atom is -0.465 e. The van der Waals surface area contributed by atoms with E-state index in [4.69, 9.17) is 4.74 Å². The molecule has 0 spiro atoms. The van der Waals surface area contributed by atoms with Crippen molar-refractivity contribution >= 4 is 29.3 Å². The molecule has 1 aliphatic heterocycles. The molecule has 0 atom stereocenters. The van der Waals surface area contributed by atoms with Gasteiger partial charge in [-0.25, -0.2) is 4.79 Å². The van der Waals surface area contributed by atoms with Gasteiger partial charge in [0.1, 0.15) is 0 Å². The summed E-state index contributed by atoms with van der Waals surface area (Å²) in [6, 6.07) is 13.4. The van der Waals surface area contributed by atoms with Gasteiger partial charge in [-0.15, -0.1) is 0 Å². The van der Waals surface area contributed by atoms with Gasteiger partial charge in [0.05, 0.1) is 23.2 Å². The molecule has 0 aliphatic carbocycles. The topological polar surface area (TPSA) is 89.8 Å². The summed E-state index contributed by atoms with van der Waals surface area (Å²) < 4.78 is 4.91. The molecular formula is C24H24N2O5. The van der Waals surface area contributed by atoms with Gasteiger partial charge in [-0.2, -0.15) is 0 Å². The van der Waals surface area contributed by atoms with Crippen LogP contribution in [0.3, 0.4) is 0 Å². The van der Waals surface area contributed by atoms with Crippen LogP contribution in [0.1, 0.15) is 38.8 Å². The molecular weight excluding hydrogens is 396 g/mol. The van der Waals surface area contributed by atoms with Gasteiger partial charge >= 0.3 is 5.97 Å². The van der Waals surface area contributed by atoms with Crippen molar-refractivity contribution in [3.63, 3.8) is 0 Å². The molecule has 1 aliphatic rings. The first-order valence-electron chi connectivity index (χ1n) is 9.75. The van der Waals surface area contributed by atoms with Crippen LogP contribution in [-0.4, -0.2) is 23.9 Å². The molecule has 0 bridgehead atoms. The number of anilines is 1. The quantitative estimate of drug-likeness (QED) is 0.308. The molecule has 160 valence electrons. The number of hydrogen-bond donors (Lipinski definition) is 0. The molecule has 2 aromatic carbocycles. The monoisotopic (exact) mass is 420 g/mol. The molecule has 7 nitrogen and oxygen atoms in total. The molecule has 2 aromatic rings. The highest BCUT2D eigenvalue weighted by atomic mass is 16.6. The summed E-state index contributed by atoms with van der Waals surface area (Å²) in [5, 5.41) is 10.9. The summed E-state index contributed by atoms with van der Waals surface area (Å²) in [5.74, 6) is -1.01. The van der Waals surface area contributed by atoms with Crippen molar-refractivity contribution in [2.45, 2.75) is 33.1 Å². The smallest absolute Gasteiger partial charge is 0.340 e. The summed E-state index contributed by atoms with van der Waals surface area (Å²) >= 11 is 0. The minimum atomic E-state index is -0.618. The van der Waals surface area contributed by atoms with Crippen LogP contribution in [0.5, 0.6) is 0 Å². The van der Waals surface area contributed by atoms with E-state index in [0.29, 0.717) is 11.4 Å². The second kappa shape index (κ2) is 8.18.